The predicted octanol–water partition coefficient (Wildman–Crippen LogP) is 2.18. The number of rotatable bonds is 5. The number of aryl methyl sites for hydroxylation is 1. The van der Waals surface area contributed by atoms with E-state index >= 15 is 0 Å². The quantitative estimate of drug-likeness (QED) is 0.699. The smallest absolute Gasteiger partial charge is 0.232 e. The monoisotopic (exact) mass is 440 g/mol. The first-order chi connectivity index (χ1) is 13.8. The molecule has 4 rings (SSSR count). The molecule has 1 aromatic rings. The number of nitrogens with zero attached hydrogens (tertiary/aromatic N) is 4. The average Bonchev–Trinajstić information content (AvgIpc) is 3.40. The molecule has 3 fully saturated rings. The Morgan fingerprint density at radius 3 is 2.41 bits per heavy atom. The van der Waals surface area contributed by atoms with Crippen molar-refractivity contribution in [2.24, 2.45) is 0 Å². The van der Waals surface area contributed by atoms with Gasteiger partial charge in [-0.2, -0.15) is 5.10 Å². The lowest BCUT2D eigenvalue weighted by atomic mass is 10.2. The fraction of sp³-hybridized carbons (Fsp3) is 0.800. The lowest BCUT2D eigenvalue weighted by molar-refractivity contribution is -0.128. The van der Waals surface area contributed by atoms with Crippen molar-refractivity contribution in [3.05, 3.63) is 11.4 Å². The van der Waals surface area contributed by atoms with Crippen molar-refractivity contribution < 1.29 is 13.2 Å². The maximum absolute atomic E-state index is 12.6. The first-order valence-corrected chi connectivity index (χ1v) is 13.6. The van der Waals surface area contributed by atoms with Gasteiger partial charge in [0.15, 0.2) is 9.84 Å². The number of hydrogen-bond donors (Lipinski definition) is 0. The number of thioether (sulfide) groups is 1. The first-order valence-electron chi connectivity index (χ1n) is 10.7. The Morgan fingerprint density at radius 1 is 1.10 bits per heavy atom. The molecule has 2 aliphatic heterocycles. The SMILES string of the molecule is Cc1nn(C2CCS(=O)(=O)C2)c(C)c1N1CCN(C(=O)CSC2CCCC2)CC1. The molecule has 0 radical (unpaired) electrons. The van der Waals surface area contributed by atoms with E-state index in [0.717, 1.165) is 43.3 Å². The van der Waals surface area contributed by atoms with Crippen LogP contribution < -0.4 is 4.90 Å². The lowest BCUT2D eigenvalue weighted by Crippen LogP contribution is -2.49. The number of piperazine rings is 1. The molecule has 1 saturated carbocycles. The van der Waals surface area contributed by atoms with Crippen LogP contribution in [-0.4, -0.2) is 77.7 Å². The van der Waals surface area contributed by atoms with Gasteiger partial charge in [-0.25, -0.2) is 8.42 Å². The number of carbonyl (C=O) groups is 1. The van der Waals surface area contributed by atoms with Gasteiger partial charge in [0.2, 0.25) is 5.91 Å². The predicted molar refractivity (Wildman–Crippen MR) is 118 cm³/mol. The van der Waals surface area contributed by atoms with Crippen LogP contribution in [0.15, 0.2) is 0 Å². The van der Waals surface area contributed by atoms with Crippen LogP contribution in [0.3, 0.4) is 0 Å². The van der Waals surface area contributed by atoms with Crippen molar-refractivity contribution in [1.29, 1.82) is 0 Å². The van der Waals surface area contributed by atoms with Gasteiger partial charge in [0.05, 0.1) is 40.4 Å². The molecule has 3 aliphatic rings. The van der Waals surface area contributed by atoms with E-state index in [-0.39, 0.29) is 23.5 Å². The van der Waals surface area contributed by atoms with Gasteiger partial charge in [-0.15, -0.1) is 11.8 Å². The van der Waals surface area contributed by atoms with E-state index in [1.54, 1.807) is 0 Å². The molecule has 29 heavy (non-hydrogen) atoms. The van der Waals surface area contributed by atoms with Gasteiger partial charge in [0, 0.05) is 31.4 Å². The van der Waals surface area contributed by atoms with Crippen molar-refractivity contribution in [3.8, 4) is 0 Å². The van der Waals surface area contributed by atoms with Crippen molar-refractivity contribution >= 4 is 33.2 Å². The molecule has 9 heteroatoms. The zero-order valence-corrected chi connectivity index (χ0v) is 19.1. The molecule has 1 unspecified atom stereocenters. The van der Waals surface area contributed by atoms with Crippen LogP contribution in [0.1, 0.15) is 49.5 Å². The van der Waals surface area contributed by atoms with E-state index in [4.69, 9.17) is 0 Å². The minimum Gasteiger partial charge on any atom is -0.365 e. The van der Waals surface area contributed by atoms with Gasteiger partial charge in [0.1, 0.15) is 0 Å². The van der Waals surface area contributed by atoms with E-state index < -0.39 is 9.84 Å². The maximum Gasteiger partial charge on any atom is 0.232 e. The number of hydrogen-bond acceptors (Lipinski definition) is 6. The summed E-state index contributed by atoms with van der Waals surface area (Å²) < 4.78 is 25.7. The number of aromatic nitrogens is 2. The second-order valence-electron chi connectivity index (χ2n) is 8.61. The Hall–Kier alpha value is -1.22. The van der Waals surface area contributed by atoms with Crippen LogP contribution in [0.2, 0.25) is 0 Å². The summed E-state index contributed by atoms with van der Waals surface area (Å²) in [5.41, 5.74) is 3.10. The average molecular weight is 441 g/mol. The van der Waals surface area contributed by atoms with Crippen molar-refractivity contribution in [3.63, 3.8) is 0 Å². The molecule has 0 aromatic carbocycles. The van der Waals surface area contributed by atoms with Gasteiger partial charge in [0.25, 0.3) is 0 Å². The molecule has 1 amide bonds. The molecular formula is C20H32N4O3S2. The summed E-state index contributed by atoms with van der Waals surface area (Å²) >= 11 is 1.84. The van der Waals surface area contributed by atoms with E-state index in [9.17, 15) is 13.2 Å². The van der Waals surface area contributed by atoms with Crippen LogP contribution in [0.25, 0.3) is 0 Å². The molecule has 0 spiro atoms. The van der Waals surface area contributed by atoms with Gasteiger partial charge in [-0.1, -0.05) is 12.8 Å². The Bertz CT molecular complexity index is 853. The number of amides is 1. The molecule has 7 nitrogen and oxygen atoms in total. The normalized spacial score (nSPS) is 25.1. The van der Waals surface area contributed by atoms with Crippen molar-refractivity contribution in [2.45, 2.75) is 57.2 Å². The lowest BCUT2D eigenvalue weighted by Gasteiger charge is -2.36. The van der Waals surface area contributed by atoms with Crippen LogP contribution in [-0.2, 0) is 14.6 Å². The van der Waals surface area contributed by atoms with Gasteiger partial charge in [-0.05, 0) is 33.1 Å². The minimum atomic E-state index is -2.94. The molecule has 3 heterocycles. The molecular weight excluding hydrogens is 408 g/mol. The first kappa shape index (κ1) is 21.0. The molecule has 2 saturated heterocycles. The van der Waals surface area contributed by atoms with Crippen LogP contribution in [0.4, 0.5) is 5.69 Å². The summed E-state index contributed by atoms with van der Waals surface area (Å²) in [6.45, 7) is 7.12. The fourth-order valence-electron chi connectivity index (χ4n) is 4.95. The molecule has 0 bridgehead atoms. The topological polar surface area (TPSA) is 75.5 Å². The van der Waals surface area contributed by atoms with Gasteiger partial charge >= 0.3 is 0 Å². The van der Waals surface area contributed by atoms with Crippen LogP contribution in [0.5, 0.6) is 0 Å². The fourth-order valence-corrected chi connectivity index (χ4v) is 7.87. The minimum absolute atomic E-state index is 0.0528. The molecule has 1 aromatic heterocycles. The Labute approximate surface area is 178 Å². The second kappa shape index (κ2) is 8.49. The summed E-state index contributed by atoms with van der Waals surface area (Å²) in [5, 5.41) is 5.36. The highest BCUT2D eigenvalue weighted by Gasteiger charge is 2.33. The number of sulfone groups is 1. The molecule has 1 atom stereocenters. The molecule has 1 aliphatic carbocycles. The third-order valence-corrected chi connectivity index (χ3v) is 9.64. The highest BCUT2D eigenvalue weighted by molar-refractivity contribution is 8.00. The number of anilines is 1. The Balaban J connectivity index is 1.35. The number of carbonyl (C=O) groups excluding carboxylic acids is 1. The zero-order chi connectivity index (χ0) is 20.6. The van der Waals surface area contributed by atoms with Crippen LogP contribution >= 0.6 is 11.8 Å². The Kier molecular flexibility index (Phi) is 6.16. The van der Waals surface area contributed by atoms with E-state index in [2.05, 4.69) is 10.00 Å². The maximum atomic E-state index is 12.6. The highest BCUT2D eigenvalue weighted by Crippen LogP contribution is 2.32. The summed E-state index contributed by atoms with van der Waals surface area (Å²) in [6.07, 6.45) is 5.78. The standard InChI is InChI=1S/C20H32N4O3S2/c1-15-20(16(2)24(21-15)17-7-12-29(26,27)14-17)23-10-8-22(9-11-23)19(25)13-28-18-5-3-4-6-18/h17-18H,3-14H2,1-2H3. The third kappa shape index (κ3) is 4.60. The second-order valence-corrected chi connectivity index (χ2v) is 12.1. The highest BCUT2D eigenvalue weighted by atomic mass is 32.2. The zero-order valence-electron chi connectivity index (χ0n) is 17.5. The van der Waals surface area contributed by atoms with Crippen LogP contribution in [0, 0.1) is 13.8 Å². The summed E-state index contributed by atoms with van der Waals surface area (Å²) in [7, 11) is -2.94. The van der Waals surface area contributed by atoms with E-state index in [0.29, 0.717) is 17.4 Å². The van der Waals surface area contributed by atoms with Crippen molar-refractivity contribution in [1.82, 2.24) is 14.7 Å². The van der Waals surface area contributed by atoms with E-state index in [1.807, 2.05) is 35.2 Å². The van der Waals surface area contributed by atoms with E-state index in [1.165, 1.54) is 25.7 Å². The summed E-state index contributed by atoms with van der Waals surface area (Å²) in [5.74, 6) is 1.32. The molecule has 162 valence electrons. The summed E-state index contributed by atoms with van der Waals surface area (Å²) in [6, 6.07) is -0.0528. The van der Waals surface area contributed by atoms with Crippen molar-refractivity contribution in [2.75, 3.05) is 48.3 Å². The summed E-state index contributed by atoms with van der Waals surface area (Å²) in [4.78, 5) is 16.9. The Morgan fingerprint density at radius 2 is 1.79 bits per heavy atom. The third-order valence-electron chi connectivity index (χ3n) is 6.53. The molecule has 0 N–H and O–H groups in total. The largest absolute Gasteiger partial charge is 0.365 e. The van der Waals surface area contributed by atoms with Gasteiger partial charge in [-0.3, -0.25) is 9.48 Å². The van der Waals surface area contributed by atoms with Gasteiger partial charge < -0.3 is 9.80 Å².